The maximum Gasteiger partial charge on any atom is 0.362 e. The molecule has 1 aliphatic carbocycles. The summed E-state index contributed by atoms with van der Waals surface area (Å²) in [5.74, 6) is 0.0929. The van der Waals surface area contributed by atoms with Gasteiger partial charge < -0.3 is 9.47 Å². The normalized spacial score (nSPS) is 20.3. The van der Waals surface area contributed by atoms with Crippen LogP contribution in [0.25, 0.3) is 0 Å². The van der Waals surface area contributed by atoms with Gasteiger partial charge in [-0.15, -0.1) is 0 Å². The zero-order chi connectivity index (χ0) is 17.8. The molecule has 1 aromatic carbocycles. The lowest BCUT2D eigenvalue weighted by molar-refractivity contribution is 0.0508. The molecule has 0 radical (unpaired) electrons. The largest absolute Gasteiger partial charge is 0.472 e. The molecule has 1 fully saturated rings. The summed E-state index contributed by atoms with van der Waals surface area (Å²) in [6.07, 6.45) is 3.60. The lowest BCUT2D eigenvalue weighted by atomic mass is 9.83. The molecule has 134 valence electrons. The molecule has 0 atom stereocenters. The summed E-state index contributed by atoms with van der Waals surface area (Å²) >= 11 is 12.2. The number of ether oxygens (including phenoxy) is 2. The summed E-state index contributed by atoms with van der Waals surface area (Å²) < 4.78 is 10.8. The van der Waals surface area contributed by atoms with E-state index in [9.17, 15) is 4.79 Å². The Kier molecular flexibility index (Phi) is 5.81. The molecule has 6 nitrogen and oxygen atoms in total. The number of hydrogen-bond acceptors (Lipinski definition) is 5. The molecule has 8 heteroatoms. The minimum absolute atomic E-state index is 0.0100. The van der Waals surface area contributed by atoms with Crippen LogP contribution in [0.2, 0.25) is 10.0 Å². The van der Waals surface area contributed by atoms with Crippen LogP contribution in [0, 0.1) is 0 Å². The van der Waals surface area contributed by atoms with Crippen molar-refractivity contribution in [1.82, 2.24) is 15.4 Å². The van der Waals surface area contributed by atoms with Gasteiger partial charge in [0.15, 0.2) is 0 Å². The molecule has 0 amide bonds. The average molecular weight is 384 g/mol. The SMILES string of the molecule is CCOC(=O)c1[nH]nnc1OC1CCC(c2cc(Cl)cc(Cl)c2)CC1. The molecular formula is C17H19Cl2N3O3. The molecule has 25 heavy (non-hydrogen) atoms. The molecule has 1 N–H and O–H groups in total. The van der Waals surface area contributed by atoms with Crippen LogP contribution in [0.4, 0.5) is 0 Å². The first kappa shape index (κ1) is 18.0. The van der Waals surface area contributed by atoms with Crippen LogP contribution in [0.5, 0.6) is 5.88 Å². The topological polar surface area (TPSA) is 77.1 Å². The van der Waals surface area contributed by atoms with Gasteiger partial charge >= 0.3 is 5.97 Å². The van der Waals surface area contributed by atoms with E-state index in [1.165, 1.54) is 0 Å². The van der Waals surface area contributed by atoms with E-state index in [1.807, 2.05) is 12.1 Å². The van der Waals surface area contributed by atoms with Crippen molar-refractivity contribution in [1.29, 1.82) is 0 Å². The third-order valence-electron chi connectivity index (χ3n) is 4.30. The Morgan fingerprint density at radius 3 is 2.52 bits per heavy atom. The number of nitrogens with zero attached hydrogens (tertiary/aromatic N) is 2. The van der Waals surface area contributed by atoms with Crippen LogP contribution in [-0.4, -0.2) is 34.1 Å². The highest BCUT2D eigenvalue weighted by molar-refractivity contribution is 6.34. The number of esters is 1. The first-order valence-electron chi connectivity index (χ1n) is 8.27. The fourth-order valence-electron chi connectivity index (χ4n) is 3.12. The fraction of sp³-hybridized carbons (Fsp3) is 0.471. The van der Waals surface area contributed by atoms with Gasteiger partial charge in [-0.1, -0.05) is 33.5 Å². The first-order chi connectivity index (χ1) is 12.1. The van der Waals surface area contributed by atoms with Crippen molar-refractivity contribution in [2.45, 2.75) is 44.6 Å². The van der Waals surface area contributed by atoms with Crippen molar-refractivity contribution in [2.24, 2.45) is 0 Å². The minimum atomic E-state index is -0.509. The second-order valence-electron chi connectivity index (χ2n) is 6.01. The van der Waals surface area contributed by atoms with E-state index in [0.717, 1.165) is 31.2 Å². The van der Waals surface area contributed by atoms with Crippen molar-refractivity contribution in [3.63, 3.8) is 0 Å². The summed E-state index contributed by atoms with van der Waals surface area (Å²) in [7, 11) is 0. The summed E-state index contributed by atoms with van der Waals surface area (Å²) in [5.41, 5.74) is 1.31. The van der Waals surface area contributed by atoms with E-state index in [2.05, 4.69) is 15.4 Å². The van der Waals surface area contributed by atoms with Crippen molar-refractivity contribution in [3.05, 3.63) is 39.5 Å². The number of halogens is 2. The molecule has 3 rings (SSSR count). The van der Waals surface area contributed by atoms with Gasteiger partial charge in [-0.2, -0.15) is 0 Å². The number of nitrogens with one attached hydrogen (secondary N) is 1. The lowest BCUT2D eigenvalue weighted by Gasteiger charge is -2.28. The fourth-order valence-corrected chi connectivity index (χ4v) is 3.66. The third kappa shape index (κ3) is 4.44. The number of hydrogen-bond donors (Lipinski definition) is 1. The highest BCUT2D eigenvalue weighted by atomic mass is 35.5. The Bertz CT molecular complexity index is 722. The summed E-state index contributed by atoms with van der Waals surface area (Å²) in [6, 6.07) is 5.67. The van der Waals surface area contributed by atoms with Gasteiger partial charge in [0.1, 0.15) is 6.10 Å². The molecule has 1 aliphatic rings. The molecule has 1 aromatic heterocycles. The van der Waals surface area contributed by atoms with Crippen LogP contribution in [0.1, 0.15) is 54.6 Å². The van der Waals surface area contributed by atoms with Gasteiger partial charge in [-0.25, -0.2) is 9.89 Å². The van der Waals surface area contributed by atoms with Crippen molar-refractivity contribution >= 4 is 29.2 Å². The van der Waals surface area contributed by atoms with Crippen molar-refractivity contribution < 1.29 is 14.3 Å². The Hall–Kier alpha value is -1.79. The molecule has 2 aromatic rings. The van der Waals surface area contributed by atoms with E-state index in [4.69, 9.17) is 32.7 Å². The molecule has 0 aliphatic heterocycles. The van der Waals surface area contributed by atoms with Gasteiger partial charge in [0.05, 0.1) is 6.61 Å². The second kappa shape index (κ2) is 8.06. The third-order valence-corrected chi connectivity index (χ3v) is 4.74. The highest BCUT2D eigenvalue weighted by Crippen LogP contribution is 2.36. The van der Waals surface area contributed by atoms with E-state index in [-0.39, 0.29) is 24.3 Å². The summed E-state index contributed by atoms with van der Waals surface area (Å²) in [4.78, 5) is 11.8. The number of rotatable bonds is 5. The summed E-state index contributed by atoms with van der Waals surface area (Å²) in [5, 5.41) is 11.3. The Balaban J connectivity index is 1.60. The standard InChI is InChI=1S/C17H19Cl2N3O3/c1-2-24-17(23)15-16(21-22-20-15)25-14-5-3-10(4-6-14)11-7-12(18)9-13(19)8-11/h7-10,14H,2-6H2,1H3,(H,20,21,22). The minimum Gasteiger partial charge on any atom is -0.472 e. The molecule has 1 saturated carbocycles. The number of aromatic nitrogens is 3. The quantitative estimate of drug-likeness (QED) is 0.774. The molecule has 0 saturated heterocycles. The zero-order valence-corrected chi connectivity index (χ0v) is 15.3. The van der Waals surface area contributed by atoms with E-state index < -0.39 is 5.97 Å². The molecular weight excluding hydrogens is 365 g/mol. The van der Waals surface area contributed by atoms with Gasteiger partial charge in [0.25, 0.3) is 5.88 Å². The van der Waals surface area contributed by atoms with Crippen molar-refractivity contribution in [3.8, 4) is 5.88 Å². The maximum atomic E-state index is 11.8. The number of carbonyl (C=O) groups excluding carboxylic acids is 1. The van der Waals surface area contributed by atoms with Crippen LogP contribution < -0.4 is 4.74 Å². The molecule has 0 unspecified atom stereocenters. The van der Waals surface area contributed by atoms with Gasteiger partial charge in [-0.3, -0.25) is 0 Å². The Morgan fingerprint density at radius 2 is 1.88 bits per heavy atom. The number of aromatic amines is 1. The number of H-pyrrole nitrogens is 1. The van der Waals surface area contributed by atoms with Crippen LogP contribution in [0.3, 0.4) is 0 Å². The Morgan fingerprint density at radius 1 is 1.20 bits per heavy atom. The smallest absolute Gasteiger partial charge is 0.362 e. The second-order valence-corrected chi connectivity index (χ2v) is 6.88. The van der Waals surface area contributed by atoms with E-state index in [1.54, 1.807) is 13.0 Å². The predicted molar refractivity (Wildman–Crippen MR) is 94.4 cm³/mol. The number of carbonyl (C=O) groups is 1. The number of benzene rings is 1. The highest BCUT2D eigenvalue weighted by Gasteiger charge is 2.27. The molecule has 0 spiro atoms. The van der Waals surface area contributed by atoms with Gasteiger partial charge in [-0.05, 0) is 62.3 Å². The van der Waals surface area contributed by atoms with E-state index in [0.29, 0.717) is 16.0 Å². The molecule has 0 bridgehead atoms. The van der Waals surface area contributed by atoms with Gasteiger partial charge in [0, 0.05) is 10.0 Å². The van der Waals surface area contributed by atoms with Gasteiger partial charge in [0.2, 0.25) is 5.69 Å². The van der Waals surface area contributed by atoms with Crippen LogP contribution >= 0.6 is 23.2 Å². The zero-order valence-electron chi connectivity index (χ0n) is 13.8. The summed E-state index contributed by atoms with van der Waals surface area (Å²) in [6.45, 7) is 2.02. The lowest BCUT2D eigenvalue weighted by Crippen LogP contribution is -2.24. The maximum absolute atomic E-state index is 11.8. The monoisotopic (exact) mass is 383 g/mol. The van der Waals surface area contributed by atoms with Crippen molar-refractivity contribution in [2.75, 3.05) is 6.61 Å². The molecule has 1 heterocycles. The van der Waals surface area contributed by atoms with Crippen LogP contribution in [0.15, 0.2) is 18.2 Å². The predicted octanol–water partition coefficient (Wildman–Crippen LogP) is 4.39. The van der Waals surface area contributed by atoms with E-state index >= 15 is 0 Å². The van der Waals surface area contributed by atoms with Crippen LogP contribution in [-0.2, 0) is 4.74 Å². The Labute approximate surface area is 155 Å². The first-order valence-corrected chi connectivity index (χ1v) is 9.03. The average Bonchev–Trinajstić information content (AvgIpc) is 3.03.